The highest BCUT2D eigenvalue weighted by molar-refractivity contribution is 5.78. The third-order valence-corrected chi connectivity index (χ3v) is 4.86. The molecule has 5 nitrogen and oxygen atoms in total. The fraction of sp³-hybridized carbons (Fsp3) is 0.938. The summed E-state index contributed by atoms with van der Waals surface area (Å²) < 4.78 is 5.78. The number of rotatable bonds is 4. The van der Waals surface area contributed by atoms with E-state index in [1.165, 1.54) is 0 Å². The van der Waals surface area contributed by atoms with Gasteiger partial charge in [0.1, 0.15) is 0 Å². The molecule has 0 N–H and O–H groups in total. The van der Waals surface area contributed by atoms with Crippen molar-refractivity contribution in [2.24, 2.45) is 5.92 Å². The van der Waals surface area contributed by atoms with Gasteiger partial charge in [-0.05, 0) is 26.9 Å². The molecule has 0 aromatic heterocycles. The highest BCUT2D eigenvalue weighted by Crippen LogP contribution is 2.32. The van der Waals surface area contributed by atoms with Crippen molar-refractivity contribution in [2.75, 3.05) is 60.0 Å². The van der Waals surface area contributed by atoms with Crippen LogP contribution in [-0.2, 0) is 9.53 Å². The normalized spacial score (nSPS) is 23.2. The lowest BCUT2D eigenvalue weighted by Gasteiger charge is -2.51. The molecule has 2 fully saturated rings. The average molecular weight is 297 g/mol. The Morgan fingerprint density at radius 3 is 2.48 bits per heavy atom. The Balaban J connectivity index is 1.96. The van der Waals surface area contributed by atoms with Crippen molar-refractivity contribution in [3.8, 4) is 0 Å². The van der Waals surface area contributed by atoms with Crippen LogP contribution in [0.25, 0.3) is 0 Å². The fourth-order valence-corrected chi connectivity index (χ4v) is 3.40. The molecule has 1 spiro atoms. The molecule has 122 valence electrons. The third-order valence-electron chi connectivity index (χ3n) is 4.86. The second-order valence-electron chi connectivity index (χ2n) is 7.05. The monoisotopic (exact) mass is 297 g/mol. The van der Waals surface area contributed by atoms with E-state index in [1.54, 1.807) is 0 Å². The summed E-state index contributed by atoms with van der Waals surface area (Å²) in [5.74, 6) is 0.396. The third kappa shape index (κ3) is 3.96. The number of carbonyl (C=O) groups excluding carboxylic acids is 1. The molecular formula is C16H31N3O2. The maximum absolute atomic E-state index is 12.1. The summed E-state index contributed by atoms with van der Waals surface area (Å²) in [4.78, 5) is 19.0. The highest BCUT2D eigenvalue weighted by Gasteiger charge is 2.42. The number of nitrogens with zero attached hydrogens (tertiary/aromatic N) is 3. The van der Waals surface area contributed by atoms with Crippen molar-refractivity contribution in [1.82, 2.24) is 14.7 Å². The maximum Gasteiger partial charge on any atom is 0.225 e. The van der Waals surface area contributed by atoms with Crippen molar-refractivity contribution < 1.29 is 9.53 Å². The Morgan fingerprint density at radius 1 is 1.24 bits per heavy atom. The fourth-order valence-electron chi connectivity index (χ4n) is 3.40. The summed E-state index contributed by atoms with van der Waals surface area (Å²) in [6.45, 7) is 10.6. The van der Waals surface area contributed by atoms with Crippen LogP contribution < -0.4 is 0 Å². The van der Waals surface area contributed by atoms with E-state index in [0.29, 0.717) is 5.91 Å². The van der Waals surface area contributed by atoms with Crippen LogP contribution in [0.15, 0.2) is 0 Å². The van der Waals surface area contributed by atoms with Gasteiger partial charge < -0.3 is 14.5 Å². The Bertz CT molecular complexity index is 349. The van der Waals surface area contributed by atoms with E-state index in [4.69, 9.17) is 4.74 Å². The van der Waals surface area contributed by atoms with Crippen molar-refractivity contribution >= 4 is 5.91 Å². The number of carbonyl (C=O) groups is 1. The Hall–Kier alpha value is -0.650. The van der Waals surface area contributed by atoms with Gasteiger partial charge in [-0.1, -0.05) is 13.8 Å². The zero-order valence-electron chi connectivity index (χ0n) is 14.1. The second kappa shape index (κ2) is 7.07. The first-order valence-corrected chi connectivity index (χ1v) is 8.21. The van der Waals surface area contributed by atoms with Crippen LogP contribution in [0.5, 0.6) is 0 Å². The lowest BCUT2D eigenvalue weighted by Crippen LogP contribution is -2.63. The minimum atomic E-state index is 0.103. The summed E-state index contributed by atoms with van der Waals surface area (Å²) in [5.41, 5.74) is 0.155. The Labute approximate surface area is 129 Å². The van der Waals surface area contributed by atoms with Crippen molar-refractivity contribution in [3.63, 3.8) is 0 Å². The van der Waals surface area contributed by atoms with Crippen molar-refractivity contribution in [2.45, 2.75) is 32.2 Å². The molecule has 0 bridgehead atoms. The van der Waals surface area contributed by atoms with E-state index >= 15 is 0 Å². The van der Waals surface area contributed by atoms with Gasteiger partial charge in [-0.15, -0.1) is 0 Å². The number of ether oxygens (including phenoxy) is 1. The van der Waals surface area contributed by atoms with E-state index < -0.39 is 0 Å². The molecule has 0 aliphatic carbocycles. The van der Waals surface area contributed by atoms with Gasteiger partial charge in [0, 0.05) is 44.2 Å². The summed E-state index contributed by atoms with van der Waals surface area (Å²) in [5, 5.41) is 0. The van der Waals surface area contributed by atoms with Gasteiger partial charge in [-0.25, -0.2) is 0 Å². The quantitative estimate of drug-likeness (QED) is 0.772. The molecule has 0 atom stereocenters. The zero-order valence-corrected chi connectivity index (χ0v) is 14.1. The molecule has 2 aliphatic rings. The molecule has 0 aromatic rings. The molecule has 2 saturated heterocycles. The second-order valence-corrected chi connectivity index (χ2v) is 7.05. The number of likely N-dealkylation sites (N-methyl/N-ethyl adjacent to an activating group) is 1. The summed E-state index contributed by atoms with van der Waals surface area (Å²) in [6.07, 6.45) is 2.08. The van der Waals surface area contributed by atoms with Gasteiger partial charge in [-0.2, -0.15) is 0 Å². The molecule has 1 amide bonds. The molecule has 2 heterocycles. The lowest BCUT2D eigenvalue weighted by molar-refractivity contribution is -0.141. The number of hydrogen-bond donors (Lipinski definition) is 0. The van der Waals surface area contributed by atoms with Gasteiger partial charge in [0.15, 0.2) is 0 Å². The van der Waals surface area contributed by atoms with Gasteiger partial charge in [0.2, 0.25) is 5.91 Å². The molecular weight excluding hydrogens is 266 g/mol. The number of morpholine rings is 1. The van der Waals surface area contributed by atoms with E-state index in [9.17, 15) is 4.79 Å². The predicted octanol–water partition coefficient (Wildman–Crippen LogP) is 0.897. The standard InChI is InChI=1S/C16H31N3O2/c1-14(2)15(20)18-7-5-16(6-8-18)13-21-12-11-19(16)10-9-17(3)4/h14H,5-13H2,1-4H3. The predicted molar refractivity (Wildman–Crippen MR) is 84.3 cm³/mol. The van der Waals surface area contributed by atoms with E-state index in [-0.39, 0.29) is 11.5 Å². The van der Waals surface area contributed by atoms with Crippen LogP contribution in [-0.4, -0.2) is 86.2 Å². The van der Waals surface area contributed by atoms with Gasteiger partial charge >= 0.3 is 0 Å². The summed E-state index contributed by atoms with van der Waals surface area (Å²) >= 11 is 0. The summed E-state index contributed by atoms with van der Waals surface area (Å²) in [6, 6.07) is 0. The first-order valence-electron chi connectivity index (χ1n) is 8.21. The van der Waals surface area contributed by atoms with Crippen LogP contribution in [0.4, 0.5) is 0 Å². The van der Waals surface area contributed by atoms with Crippen LogP contribution in [0.1, 0.15) is 26.7 Å². The number of amides is 1. The maximum atomic E-state index is 12.1. The Kier molecular flexibility index (Phi) is 5.63. The number of likely N-dealkylation sites (tertiary alicyclic amines) is 1. The first-order chi connectivity index (χ1) is 9.94. The molecule has 5 heteroatoms. The molecule has 21 heavy (non-hydrogen) atoms. The highest BCUT2D eigenvalue weighted by atomic mass is 16.5. The molecule has 2 aliphatic heterocycles. The van der Waals surface area contributed by atoms with E-state index in [1.807, 2.05) is 18.7 Å². The molecule has 0 saturated carbocycles. The first kappa shape index (κ1) is 16.7. The number of piperidine rings is 1. The molecule has 0 radical (unpaired) electrons. The van der Waals surface area contributed by atoms with Crippen LogP contribution >= 0.6 is 0 Å². The van der Waals surface area contributed by atoms with Gasteiger partial charge in [-0.3, -0.25) is 9.69 Å². The van der Waals surface area contributed by atoms with Gasteiger partial charge in [0.25, 0.3) is 0 Å². The minimum Gasteiger partial charge on any atom is -0.378 e. The SMILES string of the molecule is CC(C)C(=O)N1CCC2(CC1)COCCN2CCN(C)C. The Morgan fingerprint density at radius 2 is 1.90 bits per heavy atom. The van der Waals surface area contributed by atoms with Crippen molar-refractivity contribution in [3.05, 3.63) is 0 Å². The minimum absolute atomic E-state index is 0.103. The zero-order chi connectivity index (χ0) is 15.5. The van der Waals surface area contributed by atoms with E-state index in [0.717, 1.165) is 58.8 Å². The lowest BCUT2D eigenvalue weighted by atomic mass is 9.85. The largest absolute Gasteiger partial charge is 0.378 e. The summed E-state index contributed by atoms with van der Waals surface area (Å²) in [7, 11) is 4.24. The van der Waals surface area contributed by atoms with Crippen LogP contribution in [0.3, 0.4) is 0 Å². The van der Waals surface area contributed by atoms with Crippen LogP contribution in [0.2, 0.25) is 0 Å². The smallest absolute Gasteiger partial charge is 0.225 e. The van der Waals surface area contributed by atoms with Gasteiger partial charge in [0.05, 0.1) is 13.2 Å². The average Bonchev–Trinajstić information content (AvgIpc) is 2.46. The topological polar surface area (TPSA) is 36.0 Å². The number of hydrogen-bond acceptors (Lipinski definition) is 4. The van der Waals surface area contributed by atoms with E-state index in [2.05, 4.69) is 23.9 Å². The molecule has 2 rings (SSSR count). The molecule has 0 aromatic carbocycles. The van der Waals surface area contributed by atoms with Crippen molar-refractivity contribution in [1.29, 1.82) is 0 Å². The van der Waals surface area contributed by atoms with Crippen LogP contribution in [0, 0.1) is 5.92 Å². The molecule has 0 unspecified atom stereocenters.